The highest BCUT2D eigenvalue weighted by Crippen LogP contribution is 2.27. The molecule has 118 valence electrons. The van der Waals surface area contributed by atoms with E-state index in [4.69, 9.17) is 0 Å². The van der Waals surface area contributed by atoms with E-state index in [0.717, 1.165) is 16.8 Å². The summed E-state index contributed by atoms with van der Waals surface area (Å²) in [5, 5.41) is 13.4. The minimum absolute atomic E-state index is 0.0325. The van der Waals surface area contributed by atoms with Crippen LogP contribution in [0.4, 0.5) is 10.8 Å². The molecule has 0 spiro atoms. The topological polar surface area (TPSA) is 70.7 Å². The molecule has 2 N–H and O–H groups in total. The number of para-hydroxylation sites is 1. The normalized spacial score (nSPS) is 10.9. The van der Waals surface area contributed by atoms with Crippen LogP contribution in [-0.2, 0) is 0 Å². The first-order valence-corrected chi connectivity index (χ1v) is 8.30. The molecule has 0 aliphatic rings. The molecule has 2 heterocycles. The van der Waals surface area contributed by atoms with Gasteiger partial charge in [-0.25, -0.2) is 0 Å². The predicted octanol–water partition coefficient (Wildman–Crippen LogP) is 4.10. The SMILES string of the molecule is Cc1ccc2[nH]cc(-c3nnc(Nc4ccccc4)s3)c(=O)c2c1. The fourth-order valence-electron chi connectivity index (χ4n) is 2.52. The van der Waals surface area contributed by atoms with Gasteiger partial charge in [-0.2, -0.15) is 0 Å². The maximum absolute atomic E-state index is 12.7. The third-order valence-corrected chi connectivity index (χ3v) is 4.59. The second kappa shape index (κ2) is 5.90. The number of aryl methyl sites for hydroxylation is 1. The molecule has 2 aromatic carbocycles. The Morgan fingerprint density at radius 1 is 1.08 bits per heavy atom. The Kier molecular flexibility index (Phi) is 3.59. The zero-order valence-electron chi connectivity index (χ0n) is 12.9. The van der Waals surface area contributed by atoms with E-state index in [-0.39, 0.29) is 5.43 Å². The number of aromatic amines is 1. The minimum Gasteiger partial charge on any atom is -0.360 e. The highest BCUT2D eigenvalue weighted by Gasteiger charge is 2.13. The molecule has 0 bridgehead atoms. The van der Waals surface area contributed by atoms with Crippen LogP contribution in [0.2, 0.25) is 0 Å². The second-order valence-corrected chi connectivity index (χ2v) is 6.46. The van der Waals surface area contributed by atoms with Gasteiger partial charge in [0.2, 0.25) is 5.13 Å². The first kappa shape index (κ1) is 14.6. The Morgan fingerprint density at radius 2 is 1.92 bits per heavy atom. The fourth-order valence-corrected chi connectivity index (χ4v) is 3.30. The van der Waals surface area contributed by atoms with Crippen molar-refractivity contribution >= 4 is 33.1 Å². The lowest BCUT2D eigenvalue weighted by molar-refractivity contribution is 1.09. The number of H-pyrrole nitrogens is 1. The average molecular weight is 334 g/mol. The number of pyridine rings is 1. The molecule has 0 aliphatic heterocycles. The lowest BCUT2D eigenvalue weighted by Crippen LogP contribution is -2.06. The first-order valence-electron chi connectivity index (χ1n) is 7.49. The Balaban J connectivity index is 1.73. The van der Waals surface area contributed by atoms with Crippen molar-refractivity contribution in [3.8, 4) is 10.6 Å². The Bertz CT molecular complexity index is 1070. The summed E-state index contributed by atoms with van der Waals surface area (Å²) in [7, 11) is 0. The summed E-state index contributed by atoms with van der Waals surface area (Å²) in [4.78, 5) is 15.9. The molecule has 4 aromatic rings. The number of benzene rings is 2. The molecule has 0 saturated carbocycles. The highest BCUT2D eigenvalue weighted by atomic mass is 32.1. The van der Waals surface area contributed by atoms with Crippen LogP contribution >= 0.6 is 11.3 Å². The van der Waals surface area contributed by atoms with Crippen molar-refractivity contribution in [1.29, 1.82) is 0 Å². The van der Waals surface area contributed by atoms with Crippen LogP contribution in [0.15, 0.2) is 59.5 Å². The van der Waals surface area contributed by atoms with Crippen molar-refractivity contribution in [2.24, 2.45) is 0 Å². The van der Waals surface area contributed by atoms with Gasteiger partial charge in [0.15, 0.2) is 10.4 Å². The van der Waals surface area contributed by atoms with E-state index in [1.54, 1.807) is 6.20 Å². The van der Waals surface area contributed by atoms with E-state index in [0.29, 0.717) is 21.1 Å². The number of aromatic nitrogens is 3. The van der Waals surface area contributed by atoms with Gasteiger partial charge >= 0.3 is 0 Å². The van der Waals surface area contributed by atoms with E-state index in [2.05, 4.69) is 20.5 Å². The van der Waals surface area contributed by atoms with Gasteiger partial charge < -0.3 is 10.3 Å². The van der Waals surface area contributed by atoms with Crippen molar-refractivity contribution in [2.45, 2.75) is 6.92 Å². The molecule has 4 rings (SSSR count). The van der Waals surface area contributed by atoms with Crippen LogP contribution in [0.5, 0.6) is 0 Å². The molecule has 0 amide bonds. The molecule has 6 heteroatoms. The zero-order chi connectivity index (χ0) is 16.5. The molecule has 0 fully saturated rings. The van der Waals surface area contributed by atoms with Crippen LogP contribution in [0, 0.1) is 6.92 Å². The quantitative estimate of drug-likeness (QED) is 0.592. The summed E-state index contributed by atoms with van der Waals surface area (Å²) < 4.78 is 0. The maximum Gasteiger partial charge on any atom is 0.210 e. The molecular formula is C18H14N4OS. The zero-order valence-corrected chi connectivity index (χ0v) is 13.7. The van der Waals surface area contributed by atoms with Crippen molar-refractivity contribution in [3.63, 3.8) is 0 Å². The average Bonchev–Trinajstić information content (AvgIpc) is 3.05. The van der Waals surface area contributed by atoms with Gasteiger partial charge in [-0.3, -0.25) is 4.79 Å². The minimum atomic E-state index is -0.0325. The van der Waals surface area contributed by atoms with Crippen molar-refractivity contribution in [1.82, 2.24) is 15.2 Å². The molecule has 0 radical (unpaired) electrons. The largest absolute Gasteiger partial charge is 0.360 e. The van der Waals surface area contributed by atoms with E-state index in [1.807, 2.05) is 55.5 Å². The van der Waals surface area contributed by atoms with Crippen LogP contribution in [-0.4, -0.2) is 15.2 Å². The van der Waals surface area contributed by atoms with Crippen molar-refractivity contribution in [3.05, 3.63) is 70.5 Å². The summed E-state index contributed by atoms with van der Waals surface area (Å²) in [6, 6.07) is 15.5. The molecule has 24 heavy (non-hydrogen) atoms. The Morgan fingerprint density at radius 3 is 2.75 bits per heavy atom. The number of rotatable bonds is 3. The van der Waals surface area contributed by atoms with E-state index < -0.39 is 0 Å². The summed E-state index contributed by atoms with van der Waals surface area (Å²) in [6.45, 7) is 1.97. The van der Waals surface area contributed by atoms with Crippen LogP contribution in [0.1, 0.15) is 5.56 Å². The maximum atomic E-state index is 12.7. The number of fused-ring (bicyclic) bond motifs is 1. The van der Waals surface area contributed by atoms with Crippen molar-refractivity contribution < 1.29 is 0 Å². The Labute approximate surface area is 142 Å². The summed E-state index contributed by atoms with van der Waals surface area (Å²) >= 11 is 1.35. The predicted molar refractivity (Wildman–Crippen MR) is 97.9 cm³/mol. The molecule has 0 atom stereocenters. The standard InChI is InChI=1S/C18H14N4OS/c1-11-7-8-15-13(9-11)16(23)14(10-19-15)17-21-22-18(24-17)20-12-5-3-2-4-6-12/h2-10H,1H3,(H,19,23)(H,20,22). The molecular weight excluding hydrogens is 320 g/mol. The van der Waals surface area contributed by atoms with Gasteiger partial charge in [0.25, 0.3) is 0 Å². The summed E-state index contributed by atoms with van der Waals surface area (Å²) in [5.74, 6) is 0. The third kappa shape index (κ3) is 2.68. The van der Waals surface area contributed by atoms with Gasteiger partial charge in [0.05, 0.1) is 5.56 Å². The summed E-state index contributed by atoms with van der Waals surface area (Å²) in [5.41, 5.74) is 3.31. The smallest absolute Gasteiger partial charge is 0.210 e. The van der Waals surface area contributed by atoms with Gasteiger partial charge in [-0.05, 0) is 31.2 Å². The van der Waals surface area contributed by atoms with E-state index >= 15 is 0 Å². The highest BCUT2D eigenvalue weighted by molar-refractivity contribution is 7.18. The lowest BCUT2D eigenvalue weighted by Gasteiger charge is -2.02. The van der Waals surface area contributed by atoms with Gasteiger partial charge in [0.1, 0.15) is 0 Å². The molecule has 5 nitrogen and oxygen atoms in total. The first-order chi connectivity index (χ1) is 11.7. The van der Waals surface area contributed by atoms with Crippen molar-refractivity contribution in [2.75, 3.05) is 5.32 Å². The number of anilines is 2. The van der Waals surface area contributed by atoms with Crippen LogP contribution in [0.3, 0.4) is 0 Å². The number of nitrogens with zero attached hydrogens (tertiary/aromatic N) is 2. The lowest BCUT2D eigenvalue weighted by atomic mass is 10.1. The molecule has 0 saturated heterocycles. The van der Waals surface area contributed by atoms with Crippen LogP contribution in [0.25, 0.3) is 21.5 Å². The summed E-state index contributed by atoms with van der Waals surface area (Å²) in [6.07, 6.45) is 1.70. The van der Waals surface area contributed by atoms with Gasteiger partial charge in [0, 0.05) is 22.8 Å². The van der Waals surface area contributed by atoms with Gasteiger partial charge in [-0.1, -0.05) is 41.2 Å². The van der Waals surface area contributed by atoms with E-state index in [9.17, 15) is 4.79 Å². The third-order valence-electron chi connectivity index (χ3n) is 3.72. The monoisotopic (exact) mass is 334 g/mol. The second-order valence-electron chi connectivity index (χ2n) is 5.48. The molecule has 0 aliphatic carbocycles. The van der Waals surface area contributed by atoms with E-state index in [1.165, 1.54) is 11.3 Å². The number of hydrogen-bond acceptors (Lipinski definition) is 5. The molecule has 0 unspecified atom stereocenters. The fraction of sp³-hybridized carbons (Fsp3) is 0.0556. The Hall–Kier alpha value is -2.99. The van der Waals surface area contributed by atoms with Gasteiger partial charge in [-0.15, -0.1) is 10.2 Å². The molecule has 2 aromatic heterocycles. The number of hydrogen-bond donors (Lipinski definition) is 2. The van der Waals surface area contributed by atoms with Crippen LogP contribution < -0.4 is 10.7 Å². The number of nitrogens with one attached hydrogen (secondary N) is 2.